The number of halogens is 2. The van der Waals surface area contributed by atoms with E-state index in [1.54, 1.807) is 0 Å². The molecule has 1 fully saturated rings. The van der Waals surface area contributed by atoms with Crippen molar-refractivity contribution in [3.63, 3.8) is 0 Å². The van der Waals surface area contributed by atoms with Gasteiger partial charge in [-0.2, -0.15) is 8.78 Å². The largest absolute Gasteiger partial charge is 0.435 e. The molecule has 0 heterocycles. The van der Waals surface area contributed by atoms with E-state index in [9.17, 15) is 13.6 Å². The SMILES string of the molecule is CCCC[C@H]1CC[C@H](c2ccc(OC(=O)c3ccc(OC(F)F)cc3)cc2)CC1. The maximum atomic E-state index is 12.2. The van der Waals surface area contributed by atoms with Crippen LogP contribution in [0.1, 0.15) is 73.7 Å². The summed E-state index contributed by atoms with van der Waals surface area (Å²) in [5, 5.41) is 0. The molecule has 0 atom stereocenters. The molecule has 0 amide bonds. The molecule has 0 aromatic heterocycles. The highest BCUT2D eigenvalue weighted by Gasteiger charge is 2.22. The lowest BCUT2D eigenvalue weighted by Gasteiger charge is -2.28. The zero-order chi connectivity index (χ0) is 20.6. The Morgan fingerprint density at radius 2 is 1.59 bits per heavy atom. The average Bonchev–Trinajstić information content (AvgIpc) is 2.73. The van der Waals surface area contributed by atoms with Gasteiger partial charge in [-0.25, -0.2) is 4.79 Å². The number of carbonyl (C=O) groups is 1. The molecule has 1 aliphatic carbocycles. The number of alkyl halides is 2. The lowest BCUT2D eigenvalue weighted by atomic mass is 9.77. The smallest absolute Gasteiger partial charge is 0.387 e. The standard InChI is InChI=1S/C24H28F2O3/c1-2-3-4-17-5-7-18(8-6-17)19-9-13-21(14-10-19)28-23(27)20-11-15-22(16-12-20)29-24(25)26/h9-18,24H,2-8H2,1H3/t17-,18-. The van der Waals surface area contributed by atoms with Gasteiger partial charge >= 0.3 is 12.6 Å². The lowest BCUT2D eigenvalue weighted by Crippen LogP contribution is -2.13. The van der Waals surface area contributed by atoms with Crippen molar-refractivity contribution in [3.8, 4) is 11.5 Å². The van der Waals surface area contributed by atoms with Gasteiger partial charge in [-0.05, 0) is 79.5 Å². The summed E-state index contributed by atoms with van der Waals surface area (Å²) < 4.78 is 34.1. The Morgan fingerprint density at radius 3 is 2.17 bits per heavy atom. The topological polar surface area (TPSA) is 35.5 Å². The molecular weight excluding hydrogens is 374 g/mol. The molecule has 0 aliphatic heterocycles. The summed E-state index contributed by atoms with van der Waals surface area (Å²) in [5.41, 5.74) is 1.58. The number of esters is 1. The van der Waals surface area contributed by atoms with Crippen LogP contribution in [0.3, 0.4) is 0 Å². The Kier molecular flexibility index (Phi) is 7.62. The molecule has 0 bridgehead atoms. The second kappa shape index (κ2) is 10.4. The maximum Gasteiger partial charge on any atom is 0.387 e. The number of ether oxygens (including phenoxy) is 2. The van der Waals surface area contributed by atoms with Gasteiger partial charge in [-0.15, -0.1) is 0 Å². The number of unbranched alkanes of at least 4 members (excludes halogenated alkanes) is 1. The molecule has 0 N–H and O–H groups in total. The fraction of sp³-hybridized carbons (Fsp3) is 0.458. The first-order valence-corrected chi connectivity index (χ1v) is 10.4. The van der Waals surface area contributed by atoms with Gasteiger partial charge in [0, 0.05) is 0 Å². The summed E-state index contributed by atoms with van der Waals surface area (Å²) in [7, 11) is 0. The normalized spacial score (nSPS) is 19.2. The van der Waals surface area contributed by atoms with Gasteiger partial charge in [-0.1, -0.05) is 38.3 Å². The molecule has 0 radical (unpaired) electrons. The van der Waals surface area contributed by atoms with Crippen molar-refractivity contribution in [2.45, 2.75) is 64.4 Å². The summed E-state index contributed by atoms with van der Waals surface area (Å²) >= 11 is 0. The van der Waals surface area contributed by atoms with Crippen molar-refractivity contribution in [3.05, 3.63) is 59.7 Å². The van der Waals surface area contributed by atoms with Gasteiger partial charge in [0.1, 0.15) is 11.5 Å². The Hall–Kier alpha value is -2.43. The molecule has 3 nitrogen and oxygen atoms in total. The van der Waals surface area contributed by atoms with E-state index in [2.05, 4.69) is 11.7 Å². The highest BCUT2D eigenvalue weighted by Crippen LogP contribution is 2.38. The number of hydrogen-bond donors (Lipinski definition) is 0. The monoisotopic (exact) mass is 402 g/mol. The molecule has 0 spiro atoms. The van der Waals surface area contributed by atoms with Crippen molar-refractivity contribution in [2.75, 3.05) is 0 Å². The van der Waals surface area contributed by atoms with Crippen LogP contribution in [-0.4, -0.2) is 12.6 Å². The second-order valence-corrected chi connectivity index (χ2v) is 7.72. The zero-order valence-corrected chi connectivity index (χ0v) is 16.8. The van der Waals surface area contributed by atoms with Gasteiger partial charge in [0.25, 0.3) is 0 Å². The minimum Gasteiger partial charge on any atom is -0.435 e. The van der Waals surface area contributed by atoms with Crippen LogP contribution in [0.25, 0.3) is 0 Å². The fourth-order valence-electron chi connectivity index (χ4n) is 4.02. The first-order valence-electron chi connectivity index (χ1n) is 10.4. The van der Waals surface area contributed by atoms with Gasteiger partial charge in [0.15, 0.2) is 0 Å². The predicted molar refractivity (Wildman–Crippen MR) is 109 cm³/mol. The number of benzene rings is 2. The lowest BCUT2D eigenvalue weighted by molar-refractivity contribution is -0.0498. The fourth-order valence-corrected chi connectivity index (χ4v) is 4.02. The third kappa shape index (κ3) is 6.28. The molecule has 2 aromatic rings. The highest BCUT2D eigenvalue weighted by atomic mass is 19.3. The van der Waals surface area contributed by atoms with Crippen LogP contribution in [0.2, 0.25) is 0 Å². The second-order valence-electron chi connectivity index (χ2n) is 7.72. The zero-order valence-electron chi connectivity index (χ0n) is 16.8. The van der Waals surface area contributed by atoms with E-state index in [1.165, 1.54) is 74.8 Å². The number of carbonyl (C=O) groups excluding carboxylic acids is 1. The van der Waals surface area contributed by atoms with Crippen LogP contribution in [0.4, 0.5) is 8.78 Å². The summed E-state index contributed by atoms with van der Waals surface area (Å²) in [6.45, 7) is -0.644. The maximum absolute atomic E-state index is 12.2. The quantitative estimate of drug-likeness (QED) is 0.353. The molecule has 29 heavy (non-hydrogen) atoms. The van der Waals surface area contributed by atoms with Crippen LogP contribution < -0.4 is 9.47 Å². The summed E-state index contributed by atoms with van der Waals surface area (Å²) in [5.74, 6) is 1.41. The Bertz CT molecular complexity index is 764. The van der Waals surface area contributed by atoms with E-state index in [-0.39, 0.29) is 11.3 Å². The summed E-state index contributed by atoms with van der Waals surface area (Å²) in [4.78, 5) is 12.2. The molecule has 0 unspecified atom stereocenters. The Morgan fingerprint density at radius 1 is 0.966 bits per heavy atom. The average molecular weight is 402 g/mol. The minimum atomic E-state index is -2.89. The van der Waals surface area contributed by atoms with Crippen LogP contribution >= 0.6 is 0 Å². The van der Waals surface area contributed by atoms with Crippen molar-refractivity contribution in [2.24, 2.45) is 5.92 Å². The third-order valence-corrected chi connectivity index (χ3v) is 5.69. The van der Waals surface area contributed by atoms with E-state index in [0.29, 0.717) is 11.7 Å². The van der Waals surface area contributed by atoms with E-state index < -0.39 is 12.6 Å². The van der Waals surface area contributed by atoms with Crippen LogP contribution in [0, 0.1) is 5.92 Å². The van der Waals surface area contributed by atoms with E-state index in [1.807, 2.05) is 24.3 Å². The first-order chi connectivity index (χ1) is 14.0. The molecular formula is C24H28F2O3. The van der Waals surface area contributed by atoms with E-state index in [0.717, 1.165) is 5.92 Å². The summed E-state index contributed by atoms with van der Waals surface area (Å²) in [6, 6.07) is 13.2. The predicted octanol–water partition coefficient (Wildman–Crippen LogP) is 6.97. The van der Waals surface area contributed by atoms with Gasteiger partial charge in [0.2, 0.25) is 0 Å². The van der Waals surface area contributed by atoms with Crippen molar-refractivity contribution in [1.82, 2.24) is 0 Å². The Labute approximate surface area is 171 Å². The molecule has 1 saturated carbocycles. The summed E-state index contributed by atoms with van der Waals surface area (Å²) in [6.07, 6.45) is 9.00. The van der Waals surface area contributed by atoms with E-state index in [4.69, 9.17) is 4.74 Å². The first kappa shape index (κ1) is 21.3. The molecule has 0 saturated heterocycles. The number of hydrogen-bond acceptors (Lipinski definition) is 3. The van der Waals surface area contributed by atoms with Gasteiger partial charge < -0.3 is 9.47 Å². The van der Waals surface area contributed by atoms with Gasteiger partial charge in [-0.3, -0.25) is 0 Å². The van der Waals surface area contributed by atoms with Crippen molar-refractivity contribution >= 4 is 5.97 Å². The molecule has 156 valence electrons. The third-order valence-electron chi connectivity index (χ3n) is 5.69. The van der Waals surface area contributed by atoms with Gasteiger partial charge in [0.05, 0.1) is 5.56 Å². The van der Waals surface area contributed by atoms with Crippen LogP contribution in [0.5, 0.6) is 11.5 Å². The molecule has 2 aromatic carbocycles. The highest BCUT2D eigenvalue weighted by molar-refractivity contribution is 5.91. The number of rotatable bonds is 8. The van der Waals surface area contributed by atoms with E-state index >= 15 is 0 Å². The molecule has 1 aliphatic rings. The van der Waals surface area contributed by atoms with Crippen LogP contribution in [0.15, 0.2) is 48.5 Å². The van der Waals surface area contributed by atoms with Crippen molar-refractivity contribution in [1.29, 1.82) is 0 Å². The molecule has 3 rings (SSSR count). The minimum absolute atomic E-state index is 0.00492. The van der Waals surface area contributed by atoms with Crippen molar-refractivity contribution < 1.29 is 23.0 Å². The molecule has 5 heteroatoms. The Balaban J connectivity index is 1.52. The van der Waals surface area contributed by atoms with Crippen LogP contribution in [-0.2, 0) is 0 Å².